The van der Waals surface area contributed by atoms with E-state index in [1.165, 1.54) is 4.90 Å². The second-order valence-corrected chi connectivity index (χ2v) is 20.7. The summed E-state index contributed by atoms with van der Waals surface area (Å²) in [5.41, 5.74) is 23.2. The molecule has 0 radical (unpaired) electrons. The first-order chi connectivity index (χ1) is 34.1. The predicted octanol–water partition coefficient (Wildman–Crippen LogP) is -3.19. The van der Waals surface area contributed by atoms with Gasteiger partial charge in [0, 0.05) is 36.9 Å². The zero-order valence-corrected chi connectivity index (χ0v) is 43.0. The van der Waals surface area contributed by atoms with Crippen molar-refractivity contribution in [3.8, 4) is 0 Å². The zero-order valence-electron chi connectivity index (χ0n) is 41.3. The van der Waals surface area contributed by atoms with Gasteiger partial charge in [-0.05, 0) is 56.6 Å². The molecule has 0 saturated carbocycles. The van der Waals surface area contributed by atoms with E-state index in [1.54, 1.807) is 44.2 Å². The van der Waals surface area contributed by atoms with Crippen LogP contribution in [0.1, 0.15) is 91.0 Å². The molecule has 400 valence electrons. The van der Waals surface area contributed by atoms with E-state index in [4.69, 9.17) is 22.9 Å². The van der Waals surface area contributed by atoms with Crippen molar-refractivity contribution in [3.63, 3.8) is 0 Å². The number of benzene rings is 1. The Kier molecular flexibility index (Phi) is 25.8. The minimum atomic E-state index is -1.72. The van der Waals surface area contributed by atoms with Crippen molar-refractivity contribution in [2.75, 3.05) is 31.1 Å². The topological polar surface area (TPSA) is 391 Å². The van der Waals surface area contributed by atoms with E-state index >= 15 is 0 Å². The monoisotopic (exact) mass is 1050 g/mol. The largest absolute Gasteiger partial charge is 0.370 e. The predicted molar refractivity (Wildman–Crippen MR) is 270 cm³/mol. The summed E-state index contributed by atoms with van der Waals surface area (Å²) >= 11 is 0. The maximum atomic E-state index is 14.6. The Morgan fingerprint density at radius 3 is 2.04 bits per heavy atom. The highest BCUT2D eigenvalue weighted by molar-refractivity contribution is 8.76. The van der Waals surface area contributed by atoms with E-state index in [2.05, 4.69) is 42.5 Å². The molecule has 11 amide bonds. The summed E-state index contributed by atoms with van der Waals surface area (Å²) in [4.78, 5) is 149. The normalized spacial score (nSPS) is 23.8. The van der Waals surface area contributed by atoms with E-state index < -0.39 is 132 Å². The first-order valence-corrected chi connectivity index (χ1v) is 26.6. The van der Waals surface area contributed by atoms with E-state index in [0.717, 1.165) is 21.6 Å². The van der Waals surface area contributed by atoms with Crippen LogP contribution in [0.15, 0.2) is 30.3 Å². The van der Waals surface area contributed by atoms with Gasteiger partial charge in [-0.1, -0.05) is 86.0 Å². The molecule has 1 aromatic carbocycles. The molecule has 0 aliphatic carbocycles. The summed E-state index contributed by atoms with van der Waals surface area (Å²) < 4.78 is 0. The Morgan fingerprint density at radius 1 is 0.764 bits per heavy atom. The third kappa shape index (κ3) is 20.6. The number of primary amides is 3. The molecule has 16 N–H and O–H groups in total. The van der Waals surface area contributed by atoms with Gasteiger partial charge in [-0.15, -0.1) is 0 Å². The zero-order chi connectivity index (χ0) is 53.5. The number of carbonyl (C=O) groups is 11. The lowest BCUT2D eigenvalue weighted by atomic mass is 9.96. The SMILES string of the molecule is CCC(C)[C@@H]1NC(=O)[C@H](Cc2ccccc2)NC(=O)[C@@H](N)CSSC[C@@H](C(=O)N2CCC[C@H]2C(=O)NC(CCCNC(C)C)C(=O)NCC(N)=O)NC(=O)[C@H](CC(N)=O)NC(=O)[C@H](CCCC(N)=O)NC1=O. The molecular formula is C46H73N13O11S2. The van der Waals surface area contributed by atoms with Crippen LogP contribution in [-0.4, -0.2) is 155 Å². The van der Waals surface area contributed by atoms with Crippen molar-refractivity contribution >= 4 is 86.6 Å². The minimum Gasteiger partial charge on any atom is -0.370 e. The van der Waals surface area contributed by atoms with Gasteiger partial charge in [0.25, 0.3) is 0 Å². The van der Waals surface area contributed by atoms with Crippen LogP contribution in [0.2, 0.25) is 0 Å². The molecule has 26 heteroatoms. The number of nitrogens with two attached hydrogens (primary N) is 4. The highest BCUT2D eigenvalue weighted by Gasteiger charge is 2.41. The lowest BCUT2D eigenvalue weighted by Crippen LogP contribution is -2.61. The highest BCUT2D eigenvalue weighted by atomic mass is 33.1. The second-order valence-electron chi connectivity index (χ2n) is 18.2. The number of nitrogens with one attached hydrogen (secondary N) is 8. The molecule has 2 heterocycles. The van der Waals surface area contributed by atoms with Gasteiger partial charge in [-0.25, -0.2) is 0 Å². The summed E-state index contributed by atoms with van der Waals surface area (Å²) in [6.07, 6.45) is 0.419. The van der Waals surface area contributed by atoms with Gasteiger partial charge in [0.2, 0.25) is 65.0 Å². The first-order valence-electron chi connectivity index (χ1n) is 24.1. The Balaban J connectivity index is 2.04. The minimum absolute atomic E-state index is 0.00361. The number of hydrogen-bond acceptors (Lipinski definition) is 15. The van der Waals surface area contributed by atoms with E-state index in [9.17, 15) is 52.7 Å². The summed E-state index contributed by atoms with van der Waals surface area (Å²) in [6.45, 7) is 7.47. The smallest absolute Gasteiger partial charge is 0.246 e. The molecule has 24 nitrogen and oxygen atoms in total. The fourth-order valence-electron chi connectivity index (χ4n) is 7.78. The van der Waals surface area contributed by atoms with Crippen LogP contribution in [0, 0.1) is 5.92 Å². The lowest BCUT2D eigenvalue weighted by Gasteiger charge is -2.31. The first kappa shape index (κ1) is 60.3. The molecule has 2 fully saturated rings. The highest BCUT2D eigenvalue weighted by Crippen LogP contribution is 2.26. The van der Waals surface area contributed by atoms with Gasteiger partial charge in [0.1, 0.15) is 42.3 Å². The molecule has 9 atom stereocenters. The van der Waals surface area contributed by atoms with Gasteiger partial charge < -0.3 is 70.4 Å². The second kappa shape index (κ2) is 30.8. The fraction of sp³-hybridized carbons (Fsp3) is 0.630. The lowest BCUT2D eigenvalue weighted by molar-refractivity contribution is -0.142. The third-order valence-corrected chi connectivity index (χ3v) is 14.4. The molecule has 2 aliphatic rings. The van der Waals surface area contributed by atoms with E-state index in [1.807, 2.05) is 13.8 Å². The molecule has 72 heavy (non-hydrogen) atoms. The standard InChI is InChI=1S/C46H73N13O11S2/c1-5-26(4)38-45(69)54-30(14-9-17-35(48)60)41(65)56-32(21-36(49)61)42(66)57-33(24-72-71-23-28(47)39(63)55-31(43(67)58-38)20-27-12-7-6-8-13-27)46(70)59-19-11-16-34(59)44(68)53-29(15-10-18-51-25(2)3)40(64)52-22-37(50)62/h6-8,12-13,25-26,28-34,38,51H,5,9-11,14-24,47H2,1-4H3,(H2,48,60)(H2,49,61)(H2,50,62)(H,52,64)(H,53,68)(H,54,69)(H,55,63)(H,56,65)(H,57,66)(H,58,67)/t26?,28-,29?,30-,31-,32-,33-,34-,38-/m0/s1. The molecule has 0 spiro atoms. The number of hydrogen-bond donors (Lipinski definition) is 12. The molecule has 0 bridgehead atoms. The Morgan fingerprint density at radius 2 is 1.40 bits per heavy atom. The summed E-state index contributed by atoms with van der Waals surface area (Å²) in [5, 5.41) is 21.5. The number of likely N-dealkylation sites (tertiary alicyclic amines) is 1. The number of nitrogens with zero attached hydrogens (tertiary/aromatic N) is 1. The van der Waals surface area contributed by atoms with E-state index in [0.29, 0.717) is 31.4 Å². The summed E-state index contributed by atoms with van der Waals surface area (Å²) in [5.74, 6) is -9.60. The maximum Gasteiger partial charge on any atom is 0.246 e. The van der Waals surface area contributed by atoms with Gasteiger partial charge in [0.15, 0.2) is 0 Å². The Bertz CT molecular complexity index is 2070. The average molecular weight is 1050 g/mol. The van der Waals surface area contributed by atoms with Crippen LogP contribution < -0.4 is 65.5 Å². The Labute approximate surface area is 427 Å². The van der Waals surface area contributed by atoms with Crippen LogP contribution in [0.25, 0.3) is 0 Å². The van der Waals surface area contributed by atoms with Crippen LogP contribution in [0.3, 0.4) is 0 Å². The molecule has 3 rings (SSSR count). The van der Waals surface area contributed by atoms with Crippen LogP contribution in [0.5, 0.6) is 0 Å². The molecule has 2 saturated heterocycles. The average Bonchev–Trinajstić information content (AvgIpc) is 3.83. The number of carbonyl (C=O) groups excluding carboxylic acids is 11. The van der Waals surface area contributed by atoms with E-state index in [-0.39, 0.29) is 62.6 Å². The quantitative estimate of drug-likeness (QED) is 0.0427. The molecule has 0 aromatic heterocycles. The number of rotatable bonds is 21. The fourth-order valence-corrected chi connectivity index (χ4v) is 10.1. The number of amides is 11. The maximum absolute atomic E-state index is 14.6. The Hall–Kier alpha value is -5.99. The van der Waals surface area contributed by atoms with Crippen molar-refractivity contribution in [1.82, 2.24) is 47.4 Å². The van der Waals surface area contributed by atoms with Crippen molar-refractivity contribution in [2.45, 2.75) is 146 Å². The van der Waals surface area contributed by atoms with Crippen molar-refractivity contribution < 1.29 is 52.7 Å². The van der Waals surface area contributed by atoms with Gasteiger partial charge in [0.05, 0.1) is 19.0 Å². The van der Waals surface area contributed by atoms with Crippen LogP contribution in [0.4, 0.5) is 0 Å². The van der Waals surface area contributed by atoms with Crippen molar-refractivity contribution in [3.05, 3.63) is 35.9 Å². The van der Waals surface area contributed by atoms with Crippen molar-refractivity contribution in [2.24, 2.45) is 28.9 Å². The molecular weight excluding hydrogens is 975 g/mol. The van der Waals surface area contributed by atoms with Crippen LogP contribution in [-0.2, 0) is 59.2 Å². The van der Waals surface area contributed by atoms with Crippen molar-refractivity contribution in [1.29, 1.82) is 0 Å². The molecule has 1 aromatic rings. The summed E-state index contributed by atoms with van der Waals surface area (Å²) in [7, 11) is 2.11. The van der Waals surface area contributed by atoms with Gasteiger partial charge >= 0.3 is 0 Å². The molecule has 2 aliphatic heterocycles. The van der Waals surface area contributed by atoms with Crippen LogP contribution >= 0.6 is 21.6 Å². The third-order valence-electron chi connectivity index (χ3n) is 11.9. The summed E-state index contributed by atoms with van der Waals surface area (Å²) in [6, 6.07) is -1.56. The molecule has 2 unspecified atom stereocenters. The van der Waals surface area contributed by atoms with Gasteiger partial charge in [-0.3, -0.25) is 52.7 Å². The van der Waals surface area contributed by atoms with Gasteiger partial charge in [-0.2, -0.15) is 0 Å².